The summed E-state index contributed by atoms with van der Waals surface area (Å²) >= 11 is 0. The number of hydrogen-bond donors (Lipinski definition) is 1. The molecule has 160 valence electrons. The molecule has 0 amide bonds. The molecule has 1 N–H and O–H groups in total. The van der Waals surface area contributed by atoms with Gasteiger partial charge in [-0.3, -0.25) is 30.3 Å². The Balaban J connectivity index is 2.30. The minimum Gasteiger partial charge on any atom is -0.372 e. The maximum absolute atomic E-state index is 12.6. The van der Waals surface area contributed by atoms with E-state index in [1.54, 1.807) is 0 Å². The third-order valence-electron chi connectivity index (χ3n) is 3.24. The number of non-ortho nitro benzene ring substituents is 1. The van der Waals surface area contributed by atoms with E-state index >= 15 is 0 Å². The van der Waals surface area contributed by atoms with E-state index in [1.165, 1.54) is 0 Å². The summed E-state index contributed by atoms with van der Waals surface area (Å²) in [4.78, 5) is 29.5. The van der Waals surface area contributed by atoms with Crippen LogP contribution in [-0.4, -0.2) is 36.3 Å². The maximum atomic E-state index is 12.6. The molecule has 0 aliphatic rings. The van der Waals surface area contributed by atoms with Crippen molar-refractivity contribution in [3.05, 3.63) is 48.7 Å². The van der Waals surface area contributed by atoms with Gasteiger partial charge in [0.1, 0.15) is 0 Å². The molecule has 0 spiro atoms. The van der Waals surface area contributed by atoms with Gasteiger partial charge in [0.15, 0.2) is 5.69 Å². The second-order valence-electron chi connectivity index (χ2n) is 5.35. The van der Waals surface area contributed by atoms with E-state index in [4.69, 9.17) is 0 Å². The SMILES string of the molecule is O=[N+]([O-])c1cc([N+](=O)[O-])c(NCCn2cc(S(F)(F)(F)(F)F)nn2)c([N+](=O)[O-])c1. The second-order valence-corrected chi connectivity index (χ2v) is 7.70. The monoisotopic (exact) mass is 449 g/mol. The number of nitro groups is 3. The van der Waals surface area contributed by atoms with Crippen LogP contribution < -0.4 is 5.32 Å². The molecule has 0 saturated heterocycles. The highest BCUT2D eigenvalue weighted by atomic mass is 32.5. The number of nitrogens with zero attached hydrogens (tertiary/aromatic N) is 6. The molecule has 1 aromatic carbocycles. The van der Waals surface area contributed by atoms with Crippen LogP contribution in [0.1, 0.15) is 0 Å². The van der Waals surface area contributed by atoms with Crippen molar-refractivity contribution in [1.82, 2.24) is 15.0 Å². The zero-order valence-corrected chi connectivity index (χ0v) is 14.4. The molecule has 0 aliphatic carbocycles. The van der Waals surface area contributed by atoms with Crippen molar-refractivity contribution in [3.63, 3.8) is 0 Å². The van der Waals surface area contributed by atoms with E-state index in [1.807, 2.05) is 0 Å². The molecule has 0 atom stereocenters. The van der Waals surface area contributed by atoms with Gasteiger partial charge >= 0.3 is 21.6 Å². The van der Waals surface area contributed by atoms with Crippen molar-refractivity contribution < 1.29 is 34.2 Å². The van der Waals surface area contributed by atoms with Crippen LogP contribution in [-0.2, 0) is 6.54 Å². The van der Waals surface area contributed by atoms with Gasteiger partial charge in [-0.25, -0.2) is 4.68 Å². The Hall–Kier alpha value is -3.64. The summed E-state index contributed by atoms with van der Waals surface area (Å²) in [6.07, 6.45) is -0.0953. The van der Waals surface area contributed by atoms with Crippen LogP contribution in [0.3, 0.4) is 0 Å². The van der Waals surface area contributed by atoms with Gasteiger partial charge in [-0.1, -0.05) is 24.6 Å². The predicted molar refractivity (Wildman–Crippen MR) is 86.3 cm³/mol. The van der Waals surface area contributed by atoms with E-state index in [0.29, 0.717) is 16.8 Å². The highest BCUT2D eigenvalue weighted by molar-refractivity contribution is 8.45. The molecule has 0 unspecified atom stereocenters. The van der Waals surface area contributed by atoms with E-state index in [-0.39, 0.29) is 6.20 Å². The number of nitrogens with one attached hydrogen (secondary N) is 1. The smallest absolute Gasteiger partial charge is 0.329 e. The van der Waals surface area contributed by atoms with Crippen molar-refractivity contribution >= 4 is 33.0 Å². The number of halogens is 5. The summed E-state index contributed by atoms with van der Waals surface area (Å²) in [6.45, 7) is -1.16. The third kappa shape index (κ3) is 5.00. The summed E-state index contributed by atoms with van der Waals surface area (Å²) in [5.41, 5.74) is -3.79. The fourth-order valence-electron chi connectivity index (χ4n) is 2.03. The first-order valence-corrected chi connectivity index (χ1v) is 8.94. The summed E-state index contributed by atoms with van der Waals surface area (Å²) < 4.78 is 63.3. The van der Waals surface area contributed by atoms with Gasteiger partial charge in [-0.15, -0.1) is 5.10 Å². The molecule has 0 aliphatic heterocycles. The quantitative estimate of drug-likeness (QED) is 0.357. The average molecular weight is 449 g/mol. The number of benzene rings is 1. The van der Waals surface area contributed by atoms with Crippen LogP contribution in [0.4, 0.5) is 42.2 Å². The summed E-state index contributed by atoms with van der Waals surface area (Å²) in [6, 6.07) is 0.883. The Morgan fingerprint density at radius 3 is 1.86 bits per heavy atom. The second kappa shape index (κ2) is 6.18. The van der Waals surface area contributed by atoms with Crippen LogP contribution in [0, 0.1) is 30.3 Å². The number of rotatable bonds is 8. The molecule has 0 bridgehead atoms. The Morgan fingerprint density at radius 2 is 1.48 bits per heavy atom. The summed E-state index contributed by atoms with van der Waals surface area (Å²) in [7, 11) is -10.0. The molecule has 0 radical (unpaired) electrons. The van der Waals surface area contributed by atoms with Crippen LogP contribution >= 0.6 is 10.2 Å². The van der Waals surface area contributed by atoms with Gasteiger partial charge in [0.25, 0.3) is 5.69 Å². The van der Waals surface area contributed by atoms with Crippen LogP contribution in [0.5, 0.6) is 0 Å². The average Bonchev–Trinajstić information content (AvgIpc) is 3.02. The topological polar surface area (TPSA) is 172 Å². The van der Waals surface area contributed by atoms with Crippen LogP contribution in [0.25, 0.3) is 0 Å². The van der Waals surface area contributed by atoms with Crippen LogP contribution in [0.15, 0.2) is 23.4 Å². The van der Waals surface area contributed by atoms with Gasteiger partial charge in [0.05, 0.1) is 39.6 Å². The molecule has 19 heteroatoms. The van der Waals surface area contributed by atoms with E-state index in [2.05, 4.69) is 15.6 Å². The molecule has 2 aromatic rings. The van der Waals surface area contributed by atoms with Gasteiger partial charge in [-0.05, 0) is 0 Å². The molecule has 0 saturated carbocycles. The van der Waals surface area contributed by atoms with Crippen molar-refractivity contribution in [1.29, 1.82) is 0 Å². The Bertz CT molecular complexity index is 991. The van der Waals surface area contributed by atoms with Crippen molar-refractivity contribution in [2.24, 2.45) is 0 Å². The summed E-state index contributed by atoms with van der Waals surface area (Å²) in [5.74, 6) is 0. The molecule has 1 aromatic heterocycles. The summed E-state index contributed by atoms with van der Waals surface area (Å²) in [5, 5.41) is 37.8. The highest BCUT2D eigenvalue weighted by Gasteiger charge is 2.68. The number of aromatic nitrogens is 3. The number of hydrogen-bond acceptors (Lipinski definition) is 9. The minimum atomic E-state index is -10.0. The molecule has 13 nitrogen and oxygen atoms in total. The predicted octanol–water partition coefficient (Wildman–Crippen LogP) is 3.77. The molecular formula is C10H8F5N7O6S. The molecular weight excluding hydrogens is 441 g/mol. The Kier molecular flexibility index (Phi) is 4.62. The third-order valence-corrected chi connectivity index (χ3v) is 4.22. The zero-order valence-electron chi connectivity index (χ0n) is 13.6. The van der Waals surface area contributed by atoms with E-state index in [9.17, 15) is 49.8 Å². The fourth-order valence-corrected chi connectivity index (χ4v) is 2.55. The maximum Gasteiger partial charge on any atom is 0.329 e. The van der Waals surface area contributed by atoms with Crippen molar-refractivity contribution in [2.45, 2.75) is 11.6 Å². The molecule has 1 heterocycles. The molecule has 29 heavy (non-hydrogen) atoms. The van der Waals surface area contributed by atoms with Crippen LogP contribution in [0.2, 0.25) is 0 Å². The Labute approximate surface area is 155 Å². The minimum absolute atomic E-state index is 0.0953. The zero-order chi connectivity index (χ0) is 22.3. The lowest BCUT2D eigenvalue weighted by Gasteiger charge is -2.37. The highest BCUT2D eigenvalue weighted by Crippen LogP contribution is 3.01. The van der Waals surface area contributed by atoms with E-state index in [0.717, 1.165) is 0 Å². The first kappa shape index (κ1) is 21.7. The van der Waals surface area contributed by atoms with Crippen molar-refractivity contribution in [3.8, 4) is 0 Å². The fraction of sp³-hybridized carbons (Fsp3) is 0.200. The lowest BCUT2D eigenvalue weighted by molar-refractivity contribution is -0.401. The van der Waals surface area contributed by atoms with Gasteiger partial charge in [0, 0.05) is 6.54 Å². The van der Waals surface area contributed by atoms with Gasteiger partial charge in [0.2, 0.25) is 5.03 Å². The van der Waals surface area contributed by atoms with Gasteiger partial charge < -0.3 is 5.32 Å². The lowest BCUT2D eigenvalue weighted by Crippen LogP contribution is -2.13. The normalized spacial score (nSPS) is 14.0. The molecule has 0 fully saturated rings. The van der Waals surface area contributed by atoms with Crippen molar-refractivity contribution in [2.75, 3.05) is 11.9 Å². The Morgan fingerprint density at radius 1 is 0.966 bits per heavy atom. The van der Waals surface area contributed by atoms with E-state index < -0.39 is 65.9 Å². The first-order valence-electron chi connectivity index (χ1n) is 6.99. The molecule has 2 rings (SSSR count). The largest absolute Gasteiger partial charge is 0.372 e. The number of anilines is 1. The van der Waals surface area contributed by atoms with Gasteiger partial charge in [-0.2, -0.15) is 0 Å². The number of nitro benzene ring substituents is 3. The lowest BCUT2D eigenvalue weighted by atomic mass is 10.2. The standard InChI is InChI=1S/C10H8F5N7O6S/c11-29(12,13,14,15)9-5-19(18-17-9)2-1-16-10-7(21(25)26)3-6(20(23)24)4-8(10)22(27)28/h3-5,16H,1-2H2. The first-order chi connectivity index (χ1) is 13.0.